The molecule has 0 aromatic heterocycles. The second kappa shape index (κ2) is 8.90. The van der Waals surface area contributed by atoms with E-state index in [1.54, 1.807) is 26.4 Å². The van der Waals surface area contributed by atoms with Crippen LogP contribution in [0.15, 0.2) is 29.3 Å². The molecule has 1 aromatic carbocycles. The molecule has 1 rings (SSSR count). The summed E-state index contributed by atoms with van der Waals surface area (Å²) in [6.07, 6.45) is 1.63. The summed E-state index contributed by atoms with van der Waals surface area (Å²) in [6.45, 7) is 1.03. The van der Waals surface area contributed by atoms with Gasteiger partial charge in [0.05, 0.1) is 13.1 Å². The molecule has 0 spiro atoms. The number of hydrogen-bond donors (Lipinski definition) is 1. The third-order valence-electron chi connectivity index (χ3n) is 2.46. The first kappa shape index (κ1) is 15.9. The van der Waals surface area contributed by atoms with E-state index >= 15 is 0 Å². The minimum atomic E-state index is -0.303. The first-order chi connectivity index (χ1) is 9.19. The summed E-state index contributed by atoms with van der Waals surface area (Å²) in [6, 6.07) is 6.32. The molecule has 0 aliphatic rings. The highest BCUT2D eigenvalue weighted by Crippen LogP contribution is 2.06. The van der Waals surface area contributed by atoms with Crippen molar-refractivity contribution in [1.29, 1.82) is 0 Å². The molecule has 0 amide bonds. The van der Waals surface area contributed by atoms with E-state index in [1.807, 2.05) is 6.26 Å². The van der Waals surface area contributed by atoms with E-state index in [0.29, 0.717) is 13.1 Å². The second-order valence-electron chi connectivity index (χ2n) is 3.73. The molecule has 0 saturated carbocycles. The maximum Gasteiger partial charge on any atom is 0.174 e. The van der Waals surface area contributed by atoms with E-state index in [1.165, 1.54) is 23.9 Å². The van der Waals surface area contributed by atoms with Gasteiger partial charge in [-0.2, -0.15) is 0 Å². The molecule has 1 N–H and O–H groups in total. The number of amidine groups is 1. The number of benzene rings is 1. The topological polar surface area (TPSA) is 42.8 Å². The third kappa shape index (κ3) is 6.04. The summed E-state index contributed by atoms with van der Waals surface area (Å²) in [7, 11) is 3.18. The van der Waals surface area contributed by atoms with E-state index in [2.05, 4.69) is 10.3 Å². The van der Waals surface area contributed by atoms with Crippen LogP contribution in [-0.2, 0) is 16.0 Å². The predicted molar refractivity (Wildman–Crippen MR) is 76.9 cm³/mol. The van der Waals surface area contributed by atoms with Crippen molar-refractivity contribution in [3.05, 3.63) is 35.6 Å². The Bertz CT molecular complexity index is 394. The molecule has 0 heterocycles. The predicted octanol–water partition coefficient (Wildman–Crippen LogP) is 2.25. The first-order valence-corrected chi connectivity index (χ1v) is 7.04. The lowest BCUT2D eigenvalue weighted by molar-refractivity contribution is -0.0964. The number of rotatable bonds is 6. The summed E-state index contributed by atoms with van der Waals surface area (Å²) < 4.78 is 22.9. The van der Waals surface area contributed by atoms with E-state index in [-0.39, 0.29) is 12.1 Å². The zero-order valence-corrected chi connectivity index (χ0v) is 12.2. The SMILES string of the molecule is COC(CNC(=NCc1ccc(F)cc1)SC)OC. The van der Waals surface area contributed by atoms with Gasteiger partial charge < -0.3 is 14.8 Å². The van der Waals surface area contributed by atoms with Crippen molar-refractivity contribution >= 4 is 16.9 Å². The third-order valence-corrected chi connectivity index (χ3v) is 3.12. The Hall–Kier alpha value is -1.11. The maximum atomic E-state index is 12.8. The summed E-state index contributed by atoms with van der Waals surface area (Å²) in [4.78, 5) is 4.42. The number of methoxy groups -OCH3 is 2. The lowest BCUT2D eigenvalue weighted by Crippen LogP contribution is -2.32. The highest BCUT2D eigenvalue weighted by atomic mass is 32.2. The standard InChI is InChI=1S/C13H19FN2O2S/c1-17-12(18-2)9-16-13(19-3)15-8-10-4-6-11(14)7-5-10/h4-7,12H,8-9H2,1-3H3,(H,15,16). The Morgan fingerprint density at radius 2 is 1.95 bits per heavy atom. The van der Waals surface area contributed by atoms with Crippen molar-refractivity contribution < 1.29 is 13.9 Å². The zero-order valence-electron chi connectivity index (χ0n) is 11.4. The van der Waals surface area contributed by atoms with Gasteiger partial charge in [0.15, 0.2) is 11.5 Å². The van der Waals surface area contributed by atoms with Gasteiger partial charge >= 0.3 is 0 Å². The fraction of sp³-hybridized carbons (Fsp3) is 0.462. The largest absolute Gasteiger partial charge is 0.360 e. The first-order valence-electron chi connectivity index (χ1n) is 5.82. The smallest absolute Gasteiger partial charge is 0.174 e. The molecule has 0 radical (unpaired) electrons. The molecule has 0 unspecified atom stereocenters. The Kier molecular flexibility index (Phi) is 7.47. The number of halogens is 1. The fourth-order valence-electron chi connectivity index (χ4n) is 1.38. The number of aliphatic imine (C=N–C) groups is 1. The number of hydrogen-bond acceptors (Lipinski definition) is 4. The van der Waals surface area contributed by atoms with Crippen LogP contribution < -0.4 is 5.32 Å². The lowest BCUT2D eigenvalue weighted by Gasteiger charge is -2.15. The van der Waals surface area contributed by atoms with Crippen LogP contribution in [0.1, 0.15) is 5.56 Å². The lowest BCUT2D eigenvalue weighted by atomic mass is 10.2. The highest BCUT2D eigenvalue weighted by Gasteiger charge is 2.05. The van der Waals surface area contributed by atoms with Gasteiger partial charge in [0.1, 0.15) is 5.82 Å². The van der Waals surface area contributed by atoms with E-state index in [9.17, 15) is 4.39 Å². The summed E-state index contributed by atoms with van der Waals surface area (Å²) in [5.74, 6) is -0.237. The molecule has 4 nitrogen and oxygen atoms in total. The van der Waals surface area contributed by atoms with Gasteiger partial charge in [0.25, 0.3) is 0 Å². The van der Waals surface area contributed by atoms with Gasteiger partial charge in [-0.05, 0) is 24.0 Å². The monoisotopic (exact) mass is 286 g/mol. The summed E-state index contributed by atoms with van der Waals surface area (Å²) >= 11 is 1.51. The normalized spacial score (nSPS) is 11.9. The van der Waals surface area contributed by atoms with Crippen LogP contribution in [0.4, 0.5) is 4.39 Å². The molecule has 0 saturated heterocycles. The molecule has 0 aliphatic carbocycles. The maximum absolute atomic E-state index is 12.8. The van der Waals surface area contributed by atoms with Crippen LogP contribution in [0.3, 0.4) is 0 Å². The van der Waals surface area contributed by atoms with Crippen molar-refractivity contribution in [2.24, 2.45) is 4.99 Å². The van der Waals surface area contributed by atoms with Gasteiger partial charge in [0.2, 0.25) is 0 Å². The molecule has 0 fully saturated rings. The van der Waals surface area contributed by atoms with Crippen LogP contribution in [0, 0.1) is 5.82 Å². The fourth-order valence-corrected chi connectivity index (χ4v) is 1.80. The van der Waals surface area contributed by atoms with Crippen LogP contribution in [0.25, 0.3) is 0 Å². The van der Waals surface area contributed by atoms with E-state index in [0.717, 1.165) is 10.7 Å². The van der Waals surface area contributed by atoms with Crippen LogP contribution in [-0.4, -0.2) is 38.5 Å². The van der Waals surface area contributed by atoms with E-state index in [4.69, 9.17) is 9.47 Å². The average molecular weight is 286 g/mol. The zero-order chi connectivity index (χ0) is 14.1. The van der Waals surface area contributed by atoms with Crippen molar-refractivity contribution in [1.82, 2.24) is 5.32 Å². The number of nitrogens with one attached hydrogen (secondary N) is 1. The Morgan fingerprint density at radius 1 is 1.32 bits per heavy atom. The molecule has 19 heavy (non-hydrogen) atoms. The molecule has 0 atom stereocenters. The molecule has 0 aliphatic heterocycles. The minimum Gasteiger partial charge on any atom is -0.360 e. The van der Waals surface area contributed by atoms with Gasteiger partial charge in [-0.25, -0.2) is 4.39 Å². The van der Waals surface area contributed by atoms with Crippen LogP contribution >= 0.6 is 11.8 Å². The summed E-state index contributed by atoms with van der Waals surface area (Å²) in [5.41, 5.74) is 0.963. The molecule has 0 bridgehead atoms. The molecule has 6 heteroatoms. The Labute approximate surface area is 117 Å². The van der Waals surface area contributed by atoms with Crippen LogP contribution in [0.2, 0.25) is 0 Å². The highest BCUT2D eigenvalue weighted by molar-refractivity contribution is 8.13. The number of ether oxygens (including phenoxy) is 2. The van der Waals surface area contributed by atoms with Crippen LogP contribution in [0.5, 0.6) is 0 Å². The molecule has 106 valence electrons. The number of nitrogens with zero attached hydrogens (tertiary/aromatic N) is 1. The Balaban J connectivity index is 2.49. The Morgan fingerprint density at radius 3 is 2.47 bits per heavy atom. The molecule has 1 aromatic rings. The number of thioether (sulfide) groups is 1. The van der Waals surface area contributed by atoms with Gasteiger partial charge in [-0.15, -0.1) is 0 Å². The van der Waals surface area contributed by atoms with E-state index < -0.39 is 0 Å². The average Bonchev–Trinajstić information content (AvgIpc) is 2.45. The van der Waals surface area contributed by atoms with Crippen molar-refractivity contribution in [2.75, 3.05) is 27.0 Å². The molecular weight excluding hydrogens is 267 g/mol. The van der Waals surface area contributed by atoms with Crippen molar-refractivity contribution in [3.8, 4) is 0 Å². The van der Waals surface area contributed by atoms with Crippen molar-refractivity contribution in [3.63, 3.8) is 0 Å². The van der Waals surface area contributed by atoms with Crippen molar-refractivity contribution in [2.45, 2.75) is 12.8 Å². The minimum absolute atomic E-state index is 0.237. The van der Waals surface area contributed by atoms with Gasteiger partial charge in [-0.3, -0.25) is 4.99 Å². The second-order valence-corrected chi connectivity index (χ2v) is 4.53. The van der Waals surface area contributed by atoms with Gasteiger partial charge in [-0.1, -0.05) is 23.9 Å². The quantitative estimate of drug-likeness (QED) is 0.495. The molecular formula is C13H19FN2O2S. The van der Waals surface area contributed by atoms with Gasteiger partial charge in [0, 0.05) is 14.2 Å². The summed E-state index contributed by atoms with van der Waals surface area (Å²) in [5, 5.41) is 3.94.